The summed E-state index contributed by atoms with van der Waals surface area (Å²) >= 11 is 0. The van der Waals surface area contributed by atoms with Crippen LogP contribution in [0.25, 0.3) is 0 Å². The van der Waals surface area contributed by atoms with Crippen molar-refractivity contribution in [2.24, 2.45) is 0 Å². The molecule has 5 nitrogen and oxygen atoms in total. The highest BCUT2D eigenvalue weighted by Crippen LogP contribution is 2.13. The molecule has 1 rings (SSSR count). The molecule has 0 spiro atoms. The van der Waals surface area contributed by atoms with Gasteiger partial charge >= 0.3 is 11.9 Å². The highest BCUT2D eigenvalue weighted by Gasteiger charge is 2.25. The molecule has 0 bridgehead atoms. The van der Waals surface area contributed by atoms with Crippen LogP contribution in [0.15, 0.2) is 24.3 Å². The number of carbonyl (C=O) groups is 3. The van der Waals surface area contributed by atoms with Gasteiger partial charge in [0.15, 0.2) is 0 Å². The summed E-state index contributed by atoms with van der Waals surface area (Å²) in [5.74, 6) is -2.47. The highest BCUT2D eigenvalue weighted by atomic mass is 16.5. The lowest BCUT2D eigenvalue weighted by atomic mass is 10.0. The summed E-state index contributed by atoms with van der Waals surface area (Å²) in [6.45, 7) is 6.69. The van der Waals surface area contributed by atoms with Gasteiger partial charge in [-0.25, -0.2) is 9.59 Å². The monoisotopic (exact) mass is 278 g/mol. The van der Waals surface area contributed by atoms with Crippen molar-refractivity contribution in [1.29, 1.82) is 0 Å². The number of ketones is 1. The Bertz CT molecular complexity index is 517. The Labute approximate surface area is 117 Å². The highest BCUT2D eigenvalue weighted by molar-refractivity contribution is 6.41. The van der Waals surface area contributed by atoms with E-state index in [2.05, 4.69) is 0 Å². The largest absolute Gasteiger partial charge is 0.459 e. The molecule has 0 aliphatic heterocycles. The fourth-order valence-electron chi connectivity index (χ4n) is 1.51. The second-order valence-corrected chi connectivity index (χ2v) is 4.78. The molecular weight excluding hydrogens is 260 g/mol. The first kappa shape index (κ1) is 15.9. The Balaban J connectivity index is 3.04. The van der Waals surface area contributed by atoms with E-state index in [1.165, 1.54) is 12.1 Å². The summed E-state index contributed by atoms with van der Waals surface area (Å²) in [5.41, 5.74) is 0.0516. The Morgan fingerprint density at radius 1 is 0.850 bits per heavy atom. The van der Waals surface area contributed by atoms with Crippen LogP contribution in [0.3, 0.4) is 0 Å². The van der Waals surface area contributed by atoms with Crippen molar-refractivity contribution in [2.75, 3.05) is 0 Å². The lowest BCUT2D eigenvalue weighted by Crippen LogP contribution is -2.24. The van der Waals surface area contributed by atoms with Crippen molar-refractivity contribution in [3.05, 3.63) is 35.4 Å². The molecule has 0 aliphatic carbocycles. The van der Waals surface area contributed by atoms with Crippen molar-refractivity contribution in [3.8, 4) is 0 Å². The van der Waals surface area contributed by atoms with E-state index >= 15 is 0 Å². The molecule has 0 radical (unpaired) electrons. The minimum Gasteiger partial charge on any atom is -0.459 e. The van der Waals surface area contributed by atoms with Crippen molar-refractivity contribution < 1.29 is 23.9 Å². The molecule has 0 aromatic heterocycles. The van der Waals surface area contributed by atoms with Gasteiger partial charge in [0, 0.05) is 5.56 Å². The zero-order valence-electron chi connectivity index (χ0n) is 12.0. The number of benzene rings is 1. The summed E-state index contributed by atoms with van der Waals surface area (Å²) in [5, 5.41) is 0. The van der Waals surface area contributed by atoms with Gasteiger partial charge in [-0.2, -0.15) is 0 Å². The van der Waals surface area contributed by atoms with Gasteiger partial charge in [0.25, 0.3) is 5.78 Å². The van der Waals surface area contributed by atoms with Gasteiger partial charge in [-0.3, -0.25) is 4.79 Å². The Hall–Kier alpha value is -2.17. The maximum Gasteiger partial charge on any atom is 0.379 e. The third-order valence-electron chi connectivity index (χ3n) is 2.26. The zero-order chi connectivity index (χ0) is 15.3. The SMILES string of the molecule is CC(C)OC(=O)C(=O)c1ccccc1C(=O)OC(C)C. The quantitative estimate of drug-likeness (QED) is 0.470. The van der Waals surface area contributed by atoms with Crippen LogP contribution in [0.2, 0.25) is 0 Å². The molecule has 0 atom stereocenters. The van der Waals surface area contributed by atoms with Crippen molar-refractivity contribution in [1.82, 2.24) is 0 Å². The Kier molecular flexibility index (Phi) is 5.43. The standard InChI is InChI=1S/C15H18O5/c1-9(2)19-14(17)12-8-6-5-7-11(12)13(16)15(18)20-10(3)4/h5-10H,1-4H3. The third-order valence-corrected chi connectivity index (χ3v) is 2.26. The number of carbonyl (C=O) groups excluding carboxylic acids is 3. The maximum absolute atomic E-state index is 12.0. The number of ether oxygens (including phenoxy) is 2. The van der Waals surface area contributed by atoms with E-state index in [1.54, 1.807) is 39.8 Å². The number of Topliss-reactive ketones (excluding diaryl/α,β-unsaturated/α-hetero) is 1. The van der Waals surface area contributed by atoms with Gasteiger partial charge in [-0.15, -0.1) is 0 Å². The molecule has 5 heteroatoms. The molecule has 20 heavy (non-hydrogen) atoms. The molecule has 0 saturated carbocycles. The molecule has 1 aromatic carbocycles. The van der Waals surface area contributed by atoms with Crippen LogP contribution in [-0.2, 0) is 14.3 Å². The molecule has 0 aliphatic rings. The molecule has 0 N–H and O–H groups in total. The van der Waals surface area contributed by atoms with Gasteiger partial charge < -0.3 is 9.47 Å². The predicted octanol–water partition coefficient (Wildman–Crippen LogP) is 2.39. The normalized spacial score (nSPS) is 10.5. The maximum atomic E-state index is 12.0. The van der Waals surface area contributed by atoms with E-state index in [1.807, 2.05) is 0 Å². The second-order valence-electron chi connectivity index (χ2n) is 4.78. The molecule has 0 unspecified atom stereocenters. The number of esters is 2. The molecule has 108 valence electrons. The minimum atomic E-state index is -0.982. The van der Waals surface area contributed by atoms with Crippen molar-refractivity contribution in [3.63, 3.8) is 0 Å². The summed E-state index contributed by atoms with van der Waals surface area (Å²) in [6.07, 6.45) is -0.713. The van der Waals surface area contributed by atoms with Crippen LogP contribution in [0.1, 0.15) is 48.4 Å². The summed E-state index contributed by atoms with van der Waals surface area (Å²) < 4.78 is 9.89. The topological polar surface area (TPSA) is 69.7 Å². The average molecular weight is 278 g/mol. The first-order chi connectivity index (χ1) is 9.32. The van der Waals surface area contributed by atoms with Crippen molar-refractivity contribution >= 4 is 17.7 Å². The van der Waals surface area contributed by atoms with Crippen LogP contribution in [-0.4, -0.2) is 29.9 Å². The minimum absolute atomic E-state index is 0.0104. The van der Waals surface area contributed by atoms with E-state index in [9.17, 15) is 14.4 Å². The van der Waals surface area contributed by atoms with Crippen LogP contribution in [0, 0.1) is 0 Å². The van der Waals surface area contributed by atoms with Crippen LogP contribution in [0.4, 0.5) is 0 Å². The van der Waals surface area contributed by atoms with Gasteiger partial charge in [-0.05, 0) is 39.8 Å². The first-order valence-electron chi connectivity index (χ1n) is 6.38. The molecule has 1 aromatic rings. The second kappa shape index (κ2) is 6.84. The summed E-state index contributed by atoms with van der Waals surface area (Å²) in [7, 11) is 0. The van der Waals surface area contributed by atoms with E-state index in [0.29, 0.717) is 0 Å². The molecule has 0 fully saturated rings. The summed E-state index contributed by atoms with van der Waals surface area (Å²) in [4.78, 5) is 35.5. The number of hydrogen-bond donors (Lipinski definition) is 0. The Morgan fingerprint density at radius 2 is 1.35 bits per heavy atom. The zero-order valence-corrected chi connectivity index (χ0v) is 12.0. The van der Waals surface area contributed by atoms with Crippen LogP contribution in [0.5, 0.6) is 0 Å². The van der Waals surface area contributed by atoms with E-state index in [4.69, 9.17) is 9.47 Å². The van der Waals surface area contributed by atoms with Gasteiger partial charge in [-0.1, -0.05) is 12.1 Å². The number of hydrogen-bond acceptors (Lipinski definition) is 5. The van der Waals surface area contributed by atoms with Gasteiger partial charge in [0.2, 0.25) is 0 Å². The lowest BCUT2D eigenvalue weighted by Gasteiger charge is -2.11. The third kappa shape index (κ3) is 4.19. The van der Waals surface area contributed by atoms with Gasteiger partial charge in [0.1, 0.15) is 0 Å². The number of rotatable bonds is 5. The van der Waals surface area contributed by atoms with Crippen LogP contribution < -0.4 is 0 Å². The molecule has 0 heterocycles. The van der Waals surface area contributed by atoms with Gasteiger partial charge in [0.05, 0.1) is 17.8 Å². The molecule has 0 amide bonds. The lowest BCUT2D eigenvalue weighted by molar-refractivity contribution is -0.141. The van der Waals surface area contributed by atoms with E-state index in [-0.39, 0.29) is 17.2 Å². The smallest absolute Gasteiger partial charge is 0.379 e. The molecule has 0 saturated heterocycles. The fourth-order valence-corrected chi connectivity index (χ4v) is 1.51. The fraction of sp³-hybridized carbons (Fsp3) is 0.400. The molecular formula is C15H18O5. The van der Waals surface area contributed by atoms with Crippen LogP contribution >= 0.6 is 0 Å². The summed E-state index contributed by atoms with van der Waals surface area (Å²) in [6, 6.07) is 6.02. The predicted molar refractivity (Wildman–Crippen MR) is 72.6 cm³/mol. The Morgan fingerprint density at radius 3 is 1.85 bits per heavy atom. The van der Waals surface area contributed by atoms with E-state index in [0.717, 1.165) is 0 Å². The first-order valence-corrected chi connectivity index (χ1v) is 6.38. The average Bonchev–Trinajstić information content (AvgIpc) is 2.36. The van der Waals surface area contributed by atoms with Crippen molar-refractivity contribution in [2.45, 2.75) is 39.9 Å². The van der Waals surface area contributed by atoms with E-state index < -0.39 is 23.8 Å².